The minimum atomic E-state index is -4.60. The average Bonchev–Trinajstić information content (AvgIpc) is 2.77. The molecule has 0 bridgehead atoms. The first-order valence-corrected chi connectivity index (χ1v) is 5.51. The van der Waals surface area contributed by atoms with Crippen LogP contribution in [0.25, 0.3) is 0 Å². The van der Waals surface area contributed by atoms with E-state index in [0.717, 1.165) is 6.20 Å². The number of nitrogens with zero attached hydrogens (tertiary/aromatic N) is 3. The first-order chi connectivity index (χ1) is 8.86. The molecular weight excluding hydrogens is 265 g/mol. The first-order valence-electron chi connectivity index (χ1n) is 5.51. The van der Waals surface area contributed by atoms with Crippen LogP contribution in [0.1, 0.15) is 12.2 Å². The van der Waals surface area contributed by atoms with Crippen LogP contribution in [-0.2, 0) is 6.18 Å². The van der Waals surface area contributed by atoms with Gasteiger partial charge in [0.25, 0.3) is 0 Å². The summed E-state index contributed by atoms with van der Waals surface area (Å²) in [6, 6.07) is 1.07. The van der Waals surface area contributed by atoms with Gasteiger partial charge in [-0.25, -0.2) is 14.8 Å². The second-order valence-electron chi connectivity index (χ2n) is 4.12. The van der Waals surface area contributed by atoms with Crippen LogP contribution >= 0.6 is 0 Å². The molecule has 1 saturated heterocycles. The van der Waals surface area contributed by atoms with E-state index in [1.165, 1.54) is 11.0 Å². The first kappa shape index (κ1) is 13.4. The van der Waals surface area contributed by atoms with Gasteiger partial charge in [0, 0.05) is 25.3 Å². The van der Waals surface area contributed by atoms with Crippen molar-refractivity contribution in [3.63, 3.8) is 0 Å². The molecule has 104 valence electrons. The highest BCUT2D eigenvalue weighted by Gasteiger charge is 2.35. The van der Waals surface area contributed by atoms with Gasteiger partial charge in [-0.15, -0.1) is 0 Å². The summed E-state index contributed by atoms with van der Waals surface area (Å²) in [6.45, 7) is 0.574. The predicted molar refractivity (Wildman–Crippen MR) is 58.7 cm³/mol. The van der Waals surface area contributed by atoms with E-state index < -0.39 is 18.1 Å². The van der Waals surface area contributed by atoms with Crippen LogP contribution in [0, 0.1) is 0 Å². The topological polar surface area (TPSA) is 78.4 Å². The molecule has 0 aromatic carbocycles. The molecule has 0 aliphatic carbocycles. The third kappa shape index (κ3) is 3.24. The summed E-state index contributed by atoms with van der Waals surface area (Å²) >= 11 is 0. The zero-order valence-electron chi connectivity index (χ0n) is 9.68. The van der Waals surface area contributed by atoms with E-state index in [1.807, 2.05) is 0 Å². The minimum absolute atomic E-state index is 0.0413. The lowest BCUT2D eigenvalue weighted by Crippen LogP contribution is -2.30. The minimum Gasteiger partial charge on any atom is -0.465 e. The van der Waals surface area contributed by atoms with Crippen molar-refractivity contribution in [3.05, 3.63) is 18.1 Å². The highest BCUT2D eigenvalue weighted by Crippen LogP contribution is 2.26. The van der Waals surface area contributed by atoms with Crippen molar-refractivity contribution in [2.45, 2.75) is 18.6 Å². The standard InChI is InChI=1S/C10H11F3N4O2/c11-10(12,13)8-14-3-1-7(16-8)15-6-2-4-17(5-6)9(18)19/h1,3,6H,2,4-5H2,(H,18,19)(H,14,15,16). The molecule has 1 fully saturated rings. The molecule has 2 N–H and O–H groups in total. The van der Waals surface area contributed by atoms with Gasteiger partial charge in [0.1, 0.15) is 5.82 Å². The number of carboxylic acid groups (broad SMARTS) is 1. The number of likely N-dealkylation sites (tertiary alicyclic amines) is 1. The zero-order valence-corrected chi connectivity index (χ0v) is 9.68. The maximum atomic E-state index is 12.4. The van der Waals surface area contributed by atoms with Gasteiger partial charge in [-0.05, 0) is 12.5 Å². The molecule has 0 spiro atoms. The summed E-state index contributed by atoms with van der Waals surface area (Å²) in [5.41, 5.74) is 0. The van der Waals surface area contributed by atoms with Gasteiger partial charge >= 0.3 is 12.3 Å². The maximum absolute atomic E-state index is 12.4. The Labute approximate surface area is 106 Å². The largest absolute Gasteiger partial charge is 0.465 e. The third-order valence-corrected chi connectivity index (χ3v) is 2.72. The van der Waals surface area contributed by atoms with E-state index in [9.17, 15) is 18.0 Å². The molecule has 2 rings (SSSR count). The molecule has 2 heterocycles. The number of hydrogen-bond donors (Lipinski definition) is 2. The lowest BCUT2D eigenvalue weighted by molar-refractivity contribution is -0.144. The number of nitrogens with one attached hydrogen (secondary N) is 1. The summed E-state index contributed by atoms with van der Waals surface area (Å²) in [4.78, 5) is 18.4. The average molecular weight is 276 g/mol. The van der Waals surface area contributed by atoms with Crippen molar-refractivity contribution in [1.82, 2.24) is 14.9 Å². The molecule has 1 unspecified atom stereocenters. The van der Waals surface area contributed by atoms with E-state index in [-0.39, 0.29) is 18.4 Å². The Morgan fingerprint density at radius 2 is 2.26 bits per heavy atom. The normalized spacial score (nSPS) is 19.5. The summed E-state index contributed by atoms with van der Waals surface area (Å²) < 4.78 is 37.2. The summed E-state index contributed by atoms with van der Waals surface area (Å²) in [6.07, 6.45) is -4.09. The number of amides is 1. The van der Waals surface area contributed by atoms with Crippen molar-refractivity contribution in [1.29, 1.82) is 0 Å². The molecular formula is C10H11F3N4O2. The highest BCUT2D eigenvalue weighted by molar-refractivity contribution is 5.65. The zero-order chi connectivity index (χ0) is 14.0. The van der Waals surface area contributed by atoms with Crippen molar-refractivity contribution in [2.75, 3.05) is 18.4 Å². The van der Waals surface area contributed by atoms with Gasteiger partial charge in [-0.3, -0.25) is 0 Å². The van der Waals surface area contributed by atoms with Gasteiger partial charge in [0.15, 0.2) is 0 Å². The molecule has 1 atom stereocenters. The molecule has 0 saturated carbocycles. The van der Waals surface area contributed by atoms with E-state index >= 15 is 0 Å². The summed E-state index contributed by atoms with van der Waals surface area (Å²) in [7, 11) is 0. The number of alkyl halides is 3. The highest BCUT2D eigenvalue weighted by atomic mass is 19.4. The van der Waals surface area contributed by atoms with Crippen LogP contribution < -0.4 is 5.32 Å². The Balaban J connectivity index is 2.03. The fourth-order valence-corrected chi connectivity index (χ4v) is 1.84. The molecule has 9 heteroatoms. The molecule has 0 radical (unpaired) electrons. The number of aromatic nitrogens is 2. The molecule has 1 aliphatic heterocycles. The molecule has 6 nitrogen and oxygen atoms in total. The van der Waals surface area contributed by atoms with Gasteiger partial charge in [0.05, 0.1) is 0 Å². The Morgan fingerprint density at radius 3 is 2.84 bits per heavy atom. The fourth-order valence-electron chi connectivity index (χ4n) is 1.84. The molecule has 19 heavy (non-hydrogen) atoms. The van der Waals surface area contributed by atoms with E-state index in [1.54, 1.807) is 0 Å². The number of carbonyl (C=O) groups is 1. The van der Waals surface area contributed by atoms with Crippen molar-refractivity contribution in [3.8, 4) is 0 Å². The summed E-state index contributed by atoms with van der Waals surface area (Å²) in [5.74, 6) is -1.18. The van der Waals surface area contributed by atoms with Gasteiger partial charge in [-0.1, -0.05) is 0 Å². The number of anilines is 1. The Morgan fingerprint density at radius 1 is 1.53 bits per heavy atom. The second-order valence-corrected chi connectivity index (χ2v) is 4.12. The van der Waals surface area contributed by atoms with Crippen LogP contribution in [0.15, 0.2) is 12.3 Å². The van der Waals surface area contributed by atoms with Crippen molar-refractivity contribution in [2.24, 2.45) is 0 Å². The lowest BCUT2D eigenvalue weighted by Gasteiger charge is -2.15. The third-order valence-electron chi connectivity index (χ3n) is 2.72. The van der Waals surface area contributed by atoms with Crippen LogP contribution in [-0.4, -0.2) is 45.2 Å². The monoisotopic (exact) mass is 276 g/mol. The second kappa shape index (κ2) is 4.90. The number of rotatable bonds is 2. The van der Waals surface area contributed by atoms with Gasteiger partial charge < -0.3 is 15.3 Å². The Hall–Kier alpha value is -2.06. The Bertz CT molecular complexity index is 480. The smallest absolute Gasteiger partial charge is 0.451 e. The summed E-state index contributed by atoms with van der Waals surface area (Å²) in [5, 5.41) is 11.6. The molecule has 1 aromatic rings. The SMILES string of the molecule is O=C(O)N1CCC(Nc2ccnc(C(F)(F)F)n2)C1. The van der Waals surface area contributed by atoms with E-state index in [2.05, 4.69) is 15.3 Å². The van der Waals surface area contributed by atoms with Crippen LogP contribution in [0.4, 0.5) is 23.8 Å². The van der Waals surface area contributed by atoms with Crippen molar-refractivity contribution >= 4 is 11.9 Å². The fraction of sp³-hybridized carbons (Fsp3) is 0.500. The van der Waals surface area contributed by atoms with Gasteiger partial charge in [0.2, 0.25) is 5.82 Å². The molecule has 1 amide bonds. The maximum Gasteiger partial charge on any atom is 0.451 e. The quantitative estimate of drug-likeness (QED) is 0.859. The molecule has 1 aromatic heterocycles. The van der Waals surface area contributed by atoms with Crippen molar-refractivity contribution < 1.29 is 23.1 Å². The molecule has 1 aliphatic rings. The van der Waals surface area contributed by atoms with Crippen LogP contribution in [0.5, 0.6) is 0 Å². The van der Waals surface area contributed by atoms with Gasteiger partial charge in [-0.2, -0.15) is 13.2 Å². The number of halogens is 3. The Kier molecular flexibility index (Phi) is 3.45. The predicted octanol–water partition coefficient (Wildman–Crippen LogP) is 1.66. The van der Waals surface area contributed by atoms with Crippen LogP contribution in [0.2, 0.25) is 0 Å². The number of hydrogen-bond acceptors (Lipinski definition) is 4. The lowest BCUT2D eigenvalue weighted by atomic mass is 10.2. The van der Waals surface area contributed by atoms with E-state index in [0.29, 0.717) is 13.0 Å². The van der Waals surface area contributed by atoms with E-state index in [4.69, 9.17) is 5.11 Å². The van der Waals surface area contributed by atoms with Crippen LogP contribution in [0.3, 0.4) is 0 Å².